The Labute approximate surface area is 123 Å². The van der Waals surface area contributed by atoms with E-state index in [2.05, 4.69) is 68.3 Å². The molecule has 20 heavy (non-hydrogen) atoms. The lowest BCUT2D eigenvalue weighted by Crippen LogP contribution is -2.37. The zero-order valence-corrected chi connectivity index (χ0v) is 13.3. The maximum Gasteiger partial charge on any atom is 0.195 e. The minimum atomic E-state index is 0.249. The second-order valence-corrected chi connectivity index (χ2v) is 6.26. The van der Waals surface area contributed by atoms with Gasteiger partial charge in [0.05, 0.1) is 6.54 Å². The molecule has 1 saturated carbocycles. The van der Waals surface area contributed by atoms with E-state index in [0.29, 0.717) is 0 Å². The summed E-state index contributed by atoms with van der Waals surface area (Å²) in [6.45, 7) is 0.892. The molecule has 0 atom stereocenters. The first-order valence-corrected chi connectivity index (χ1v) is 7.50. The van der Waals surface area contributed by atoms with Crippen molar-refractivity contribution >= 4 is 5.96 Å². The minimum absolute atomic E-state index is 0.249. The molecule has 1 aromatic rings. The molecule has 0 bridgehead atoms. The van der Waals surface area contributed by atoms with E-state index in [1.807, 2.05) is 0 Å². The summed E-state index contributed by atoms with van der Waals surface area (Å²) in [5, 5.41) is 0. The van der Waals surface area contributed by atoms with E-state index in [4.69, 9.17) is 4.99 Å². The van der Waals surface area contributed by atoms with Crippen LogP contribution in [0.5, 0.6) is 0 Å². The number of aliphatic imine (C=N–C) groups is 1. The van der Waals surface area contributed by atoms with Gasteiger partial charge in [0.25, 0.3) is 0 Å². The van der Waals surface area contributed by atoms with Gasteiger partial charge in [0, 0.05) is 33.6 Å². The lowest BCUT2D eigenvalue weighted by atomic mass is 9.79. The normalized spacial score (nSPS) is 16.8. The van der Waals surface area contributed by atoms with E-state index < -0.39 is 0 Å². The van der Waals surface area contributed by atoms with E-state index >= 15 is 0 Å². The van der Waals surface area contributed by atoms with Crippen molar-refractivity contribution in [2.24, 2.45) is 4.99 Å². The summed E-state index contributed by atoms with van der Waals surface area (Å²) in [5.74, 6) is 1.05. The van der Waals surface area contributed by atoms with Gasteiger partial charge < -0.3 is 9.80 Å². The molecule has 1 aliphatic carbocycles. The summed E-state index contributed by atoms with van der Waals surface area (Å²) in [6.07, 6.45) is 5.16. The summed E-state index contributed by atoms with van der Waals surface area (Å²) in [7, 11) is 8.23. The van der Waals surface area contributed by atoms with Crippen molar-refractivity contribution in [3.63, 3.8) is 0 Å². The van der Waals surface area contributed by atoms with Crippen LogP contribution in [0.25, 0.3) is 0 Å². The molecule has 0 amide bonds. The highest BCUT2D eigenvalue weighted by Crippen LogP contribution is 2.41. The fourth-order valence-corrected chi connectivity index (χ4v) is 3.29. The topological polar surface area (TPSA) is 18.8 Å². The molecule has 0 N–H and O–H groups in total. The molecule has 0 aliphatic heterocycles. The fourth-order valence-electron chi connectivity index (χ4n) is 3.29. The maximum absolute atomic E-state index is 4.92. The minimum Gasteiger partial charge on any atom is -0.349 e. The van der Waals surface area contributed by atoms with Gasteiger partial charge in [-0.05, 0) is 18.4 Å². The second-order valence-electron chi connectivity index (χ2n) is 6.26. The summed E-state index contributed by atoms with van der Waals surface area (Å²) in [4.78, 5) is 9.10. The average Bonchev–Trinajstić information content (AvgIpc) is 2.89. The Bertz CT molecular complexity index is 433. The number of rotatable bonds is 3. The van der Waals surface area contributed by atoms with Gasteiger partial charge in [-0.3, -0.25) is 4.99 Å². The Morgan fingerprint density at radius 2 is 1.55 bits per heavy atom. The van der Waals surface area contributed by atoms with Crippen molar-refractivity contribution in [3.05, 3.63) is 35.9 Å². The van der Waals surface area contributed by atoms with Crippen LogP contribution in [0.2, 0.25) is 0 Å². The van der Waals surface area contributed by atoms with Crippen molar-refractivity contribution in [2.45, 2.75) is 31.1 Å². The predicted molar refractivity (Wildman–Crippen MR) is 86.3 cm³/mol. The van der Waals surface area contributed by atoms with Gasteiger partial charge in [-0.2, -0.15) is 0 Å². The SMILES string of the molecule is CN(C)C(=NCC1(c2ccccc2)CCCC1)N(C)C. The third-order valence-corrected chi connectivity index (χ3v) is 4.27. The van der Waals surface area contributed by atoms with Crippen molar-refractivity contribution in [2.75, 3.05) is 34.7 Å². The molecule has 0 spiro atoms. The standard InChI is InChI=1S/C17H27N3/c1-19(2)16(20(3)4)18-14-17(12-8-9-13-17)15-10-6-5-7-11-15/h5-7,10-11H,8-9,12-14H2,1-4H3. The van der Waals surface area contributed by atoms with Crippen LogP contribution in [0.15, 0.2) is 35.3 Å². The van der Waals surface area contributed by atoms with Crippen LogP contribution in [0.1, 0.15) is 31.2 Å². The maximum atomic E-state index is 4.92. The molecule has 0 aromatic heterocycles. The average molecular weight is 273 g/mol. The van der Waals surface area contributed by atoms with Gasteiger partial charge in [-0.15, -0.1) is 0 Å². The summed E-state index contributed by atoms with van der Waals surface area (Å²) >= 11 is 0. The lowest BCUT2D eigenvalue weighted by Gasteiger charge is -2.30. The highest BCUT2D eigenvalue weighted by Gasteiger charge is 2.35. The van der Waals surface area contributed by atoms with Gasteiger partial charge in [-0.1, -0.05) is 43.2 Å². The van der Waals surface area contributed by atoms with E-state index in [9.17, 15) is 0 Å². The number of hydrogen-bond donors (Lipinski definition) is 0. The van der Waals surface area contributed by atoms with Crippen molar-refractivity contribution < 1.29 is 0 Å². The number of benzene rings is 1. The van der Waals surface area contributed by atoms with Crippen LogP contribution < -0.4 is 0 Å². The first-order valence-electron chi connectivity index (χ1n) is 7.50. The van der Waals surface area contributed by atoms with Crippen LogP contribution >= 0.6 is 0 Å². The third-order valence-electron chi connectivity index (χ3n) is 4.27. The molecular weight excluding hydrogens is 246 g/mol. The van der Waals surface area contributed by atoms with Gasteiger partial charge >= 0.3 is 0 Å². The predicted octanol–water partition coefficient (Wildman–Crippen LogP) is 2.98. The van der Waals surface area contributed by atoms with E-state index in [1.165, 1.54) is 31.2 Å². The quantitative estimate of drug-likeness (QED) is 0.623. The van der Waals surface area contributed by atoms with E-state index in [0.717, 1.165) is 12.5 Å². The molecule has 0 saturated heterocycles. The Hall–Kier alpha value is -1.51. The third kappa shape index (κ3) is 3.14. The summed E-state index contributed by atoms with van der Waals surface area (Å²) in [6, 6.07) is 10.9. The molecule has 0 radical (unpaired) electrons. The molecule has 3 heteroatoms. The molecule has 0 unspecified atom stereocenters. The highest BCUT2D eigenvalue weighted by atomic mass is 15.3. The molecular formula is C17H27N3. The van der Waals surface area contributed by atoms with Crippen molar-refractivity contribution in [3.8, 4) is 0 Å². The lowest BCUT2D eigenvalue weighted by molar-refractivity contribution is 0.432. The van der Waals surface area contributed by atoms with Gasteiger partial charge in [0.15, 0.2) is 5.96 Å². The molecule has 1 aromatic carbocycles. The molecule has 1 fully saturated rings. The Morgan fingerprint density at radius 3 is 2.05 bits per heavy atom. The Kier molecular flexibility index (Phi) is 4.69. The van der Waals surface area contributed by atoms with Crippen LogP contribution in [0, 0.1) is 0 Å². The van der Waals surface area contributed by atoms with Crippen LogP contribution in [0.3, 0.4) is 0 Å². The van der Waals surface area contributed by atoms with Crippen molar-refractivity contribution in [1.29, 1.82) is 0 Å². The largest absolute Gasteiger partial charge is 0.349 e. The van der Waals surface area contributed by atoms with E-state index in [-0.39, 0.29) is 5.41 Å². The highest BCUT2D eigenvalue weighted by molar-refractivity contribution is 5.79. The molecule has 0 heterocycles. The zero-order valence-electron chi connectivity index (χ0n) is 13.3. The number of hydrogen-bond acceptors (Lipinski definition) is 1. The first kappa shape index (κ1) is 14.9. The first-order chi connectivity index (χ1) is 9.55. The molecule has 3 nitrogen and oxygen atoms in total. The number of nitrogens with zero attached hydrogens (tertiary/aromatic N) is 3. The second kappa shape index (κ2) is 6.29. The van der Waals surface area contributed by atoms with Gasteiger partial charge in [-0.25, -0.2) is 0 Å². The summed E-state index contributed by atoms with van der Waals surface area (Å²) in [5.41, 5.74) is 1.71. The van der Waals surface area contributed by atoms with Crippen LogP contribution in [-0.4, -0.2) is 50.5 Å². The van der Waals surface area contributed by atoms with E-state index in [1.54, 1.807) is 0 Å². The monoisotopic (exact) mass is 273 g/mol. The molecule has 1 aliphatic rings. The van der Waals surface area contributed by atoms with Gasteiger partial charge in [0.2, 0.25) is 0 Å². The van der Waals surface area contributed by atoms with Crippen molar-refractivity contribution in [1.82, 2.24) is 9.80 Å². The Balaban J connectivity index is 2.25. The smallest absolute Gasteiger partial charge is 0.195 e. The fraction of sp³-hybridized carbons (Fsp3) is 0.588. The van der Waals surface area contributed by atoms with Crippen LogP contribution in [-0.2, 0) is 5.41 Å². The Morgan fingerprint density at radius 1 is 1.00 bits per heavy atom. The number of guanidine groups is 1. The summed E-state index contributed by atoms with van der Waals surface area (Å²) < 4.78 is 0. The van der Waals surface area contributed by atoms with Crippen LogP contribution in [0.4, 0.5) is 0 Å². The zero-order chi connectivity index (χ0) is 14.6. The van der Waals surface area contributed by atoms with Gasteiger partial charge in [0.1, 0.15) is 0 Å². The molecule has 110 valence electrons. The molecule has 2 rings (SSSR count).